The first kappa shape index (κ1) is 10.4. The molecule has 2 heterocycles. The Hall–Kier alpha value is -1.81. The van der Waals surface area contributed by atoms with E-state index in [-0.39, 0.29) is 0 Å². The van der Waals surface area contributed by atoms with E-state index in [1.807, 2.05) is 24.4 Å². The zero-order valence-electron chi connectivity index (χ0n) is 9.69. The molecule has 0 unspecified atom stereocenters. The predicted octanol–water partition coefficient (Wildman–Crippen LogP) is 2.51. The maximum atomic E-state index is 5.58. The number of aromatic amines is 1. The summed E-state index contributed by atoms with van der Waals surface area (Å²) in [7, 11) is 0. The van der Waals surface area contributed by atoms with Crippen LogP contribution in [0, 0.1) is 0 Å². The van der Waals surface area contributed by atoms with E-state index in [1.165, 1.54) is 0 Å². The number of aryl methyl sites for hydroxylation is 1. The van der Waals surface area contributed by atoms with Gasteiger partial charge in [-0.25, -0.2) is 4.98 Å². The summed E-state index contributed by atoms with van der Waals surface area (Å²) < 4.78 is 10.8. The topological polar surface area (TPSA) is 47.1 Å². The van der Waals surface area contributed by atoms with E-state index < -0.39 is 0 Å². The number of imidazole rings is 1. The Labute approximate surface area is 99.6 Å². The highest BCUT2D eigenvalue weighted by atomic mass is 16.7. The van der Waals surface area contributed by atoms with Gasteiger partial charge in [0.1, 0.15) is 11.6 Å². The number of benzene rings is 1. The van der Waals surface area contributed by atoms with Crippen molar-refractivity contribution in [2.75, 3.05) is 6.79 Å². The Bertz CT molecular complexity index is 534. The third kappa shape index (κ3) is 1.80. The number of rotatable bonds is 2. The summed E-state index contributed by atoms with van der Waals surface area (Å²) in [5, 5.41) is 0. The Morgan fingerprint density at radius 1 is 1.41 bits per heavy atom. The van der Waals surface area contributed by atoms with Gasteiger partial charge in [0.2, 0.25) is 0 Å². The Kier molecular flexibility index (Phi) is 2.57. The molecule has 0 atom stereocenters. The molecule has 0 bridgehead atoms. The van der Waals surface area contributed by atoms with Crippen LogP contribution in [0.1, 0.15) is 18.3 Å². The van der Waals surface area contributed by atoms with Gasteiger partial charge in [-0.15, -0.1) is 0 Å². The van der Waals surface area contributed by atoms with Crippen molar-refractivity contribution >= 4 is 0 Å². The summed E-state index contributed by atoms with van der Waals surface area (Å²) in [5.74, 6) is 1.89. The molecule has 1 aliphatic heterocycles. The highest BCUT2D eigenvalue weighted by Crippen LogP contribution is 2.34. The molecular formula is C13H14N2O2. The summed E-state index contributed by atoms with van der Waals surface area (Å²) in [5.41, 5.74) is 3.04. The molecule has 17 heavy (non-hydrogen) atoms. The van der Waals surface area contributed by atoms with Gasteiger partial charge in [0, 0.05) is 23.7 Å². The molecule has 88 valence electrons. The smallest absolute Gasteiger partial charge is 0.189 e. The Balaban J connectivity index is 2.07. The molecule has 3 rings (SSSR count). The Morgan fingerprint density at radius 2 is 2.35 bits per heavy atom. The van der Waals surface area contributed by atoms with Gasteiger partial charge < -0.3 is 14.5 Å². The maximum Gasteiger partial charge on any atom is 0.189 e. The molecule has 0 radical (unpaired) electrons. The average Bonchev–Trinajstić information content (AvgIpc) is 2.87. The first-order valence-corrected chi connectivity index (χ1v) is 5.75. The molecule has 1 N–H and O–H groups in total. The van der Waals surface area contributed by atoms with Crippen LogP contribution in [-0.4, -0.2) is 16.8 Å². The lowest BCUT2D eigenvalue weighted by Crippen LogP contribution is -2.12. The van der Waals surface area contributed by atoms with Crippen LogP contribution in [0.4, 0.5) is 0 Å². The zero-order valence-corrected chi connectivity index (χ0v) is 9.69. The molecule has 1 aromatic heterocycles. The first-order valence-electron chi connectivity index (χ1n) is 5.75. The molecule has 0 saturated heterocycles. The number of ether oxygens (including phenoxy) is 2. The fraction of sp³-hybridized carbons (Fsp3) is 0.308. The third-order valence-electron chi connectivity index (χ3n) is 2.88. The highest BCUT2D eigenvalue weighted by molar-refractivity contribution is 5.69. The van der Waals surface area contributed by atoms with Gasteiger partial charge >= 0.3 is 0 Å². The van der Waals surface area contributed by atoms with E-state index in [0.717, 1.165) is 34.8 Å². The number of aromatic nitrogens is 2. The zero-order chi connectivity index (χ0) is 11.7. The van der Waals surface area contributed by atoms with Crippen LogP contribution in [0.5, 0.6) is 5.75 Å². The van der Waals surface area contributed by atoms with Crippen LogP contribution >= 0.6 is 0 Å². The van der Waals surface area contributed by atoms with Crippen LogP contribution < -0.4 is 4.74 Å². The molecule has 0 amide bonds. The minimum atomic E-state index is 0.315. The van der Waals surface area contributed by atoms with Crippen molar-refractivity contribution in [1.82, 2.24) is 9.97 Å². The normalized spacial score (nSPS) is 14.2. The van der Waals surface area contributed by atoms with E-state index >= 15 is 0 Å². The number of hydrogen-bond acceptors (Lipinski definition) is 3. The second-order valence-electron chi connectivity index (χ2n) is 3.99. The standard InChI is InChI=1S/C13H14N2O2/c1-2-12-14-6-11(15-12)10-5-3-4-9-7-16-8-17-13(9)10/h3-6H,2,7-8H2,1H3,(H,14,15). The fourth-order valence-corrected chi connectivity index (χ4v) is 2.00. The second kappa shape index (κ2) is 4.22. The minimum absolute atomic E-state index is 0.315. The summed E-state index contributed by atoms with van der Waals surface area (Å²) in [6.45, 7) is 3.00. The average molecular weight is 230 g/mol. The lowest BCUT2D eigenvalue weighted by Gasteiger charge is -2.19. The summed E-state index contributed by atoms with van der Waals surface area (Å²) >= 11 is 0. The second-order valence-corrected chi connectivity index (χ2v) is 3.99. The SMILES string of the molecule is CCc1nc(-c2cccc3c2OCOC3)c[nH]1. The van der Waals surface area contributed by atoms with Crippen molar-refractivity contribution in [3.8, 4) is 17.0 Å². The van der Waals surface area contributed by atoms with Crippen molar-refractivity contribution in [3.63, 3.8) is 0 Å². The van der Waals surface area contributed by atoms with Crippen molar-refractivity contribution in [2.24, 2.45) is 0 Å². The molecule has 0 saturated carbocycles. The molecule has 1 aliphatic rings. The van der Waals surface area contributed by atoms with E-state index in [9.17, 15) is 0 Å². The maximum absolute atomic E-state index is 5.58. The quantitative estimate of drug-likeness (QED) is 0.862. The largest absolute Gasteiger partial charge is 0.466 e. The number of fused-ring (bicyclic) bond motifs is 1. The molecule has 0 spiro atoms. The van der Waals surface area contributed by atoms with Crippen LogP contribution in [-0.2, 0) is 17.8 Å². The van der Waals surface area contributed by atoms with Crippen molar-refractivity contribution in [1.29, 1.82) is 0 Å². The van der Waals surface area contributed by atoms with Crippen LogP contribution in [0.3, 0.4) is 0 Å². The van der Waals surface area contributed by atoms with Gasteiger partial charge in [-0.05, 0) is 6.07 Å². The van der Waals surface area contributed by atoms with Crippen LogP contribution in [0.25, 0.3) is 11.3 Å². The number of nitrogens with one attached hydrogen (secondary N) is 1. The highest BCUT2D eigenvalue weighted by Gasteiger charge is 2.17. The summed E-state index contributed by atoms with van der Waals surface area (Å²) in [6, 6.07) is 6.05. The third-order valence-corrected chi connectivity index (χ3v) is 2.88. The van der Waals surface area contributed by atoms with Gasteiger partial charge in [-0.1, -0.05) is 19.1 Å². The fourth-order valence-electron chi connectivity index (χ4n) is 2.00. The van der Waals surface area contributed by atoms with Gasteiger partial charge in [0.05, 0.1) is 12.3 Å². The summed E-state index contributed by atoms with van der Waals surface area (Å²) in [6.07, 6.45) is 2.83. The van der Waals surface area contributed by atoms with E-state index in [0.29, 0.717) is 13.4 Å². The minimum Gasteiger partial charge on any atom is -0.466 e. The van der Waals surface area contributed by atoms with Crippen molar-refractivity contribution in [2.45, 2.75) is 20.0 Å². The molecule has 0 aliphatic carbocycles. The molecule has 4 heteroatoms. The molecule has 0 fully saturated rings. The monoisotopic (exact) mass is 230 g/mol. The van der Waals surface area contributed by atoms with E-state index in [1.54, 1.807) is 0 Å². The van der Waals surface area contributed by atoms with Gasteiger partial charge in [0.15, 0.2) is 6.79 Å². The van der Waals surface area contributed by atoms with Gasteiger partial charge in [-0.2, -0.15) is 0 Å². The van der Waals surface area contributed by atoms with Crippen molar-refractivity contribution < 1.29 is 9.47 Å². The predicted molar refractivity (Wildman–Crippen MR) is 63.7 cm³/mol. The Morgan fingerprint density at radius 3 is 3.18 bits per heavy atom. The lowest BCUT2D eigenvalue weighted by molar-refractivity contribution is -0.0159. The van der Waals surface area contributed by atoms with Crippen LogP contribution in [0.2, 0.25) is 0 Å². The molecule has 2 aromatic rings. The number of para-hydroxylation sites is 1. The molecule has 4 nitrogen and oxygen atoms in total. The van der Waals surface area contributed by atoms with E-state index in [2.05, 4.69) is 16.9 Å². The van der Waals surface area contributed by atoms with Crippen molar-refractivity contribution in [3.05, 3.63) is 35.8 Å². The molecular weight excluding hydrogens is 216 g/mol. The van der Waals surface area contributed by atoms with Gasteiger partial charge in [0.25, 0.3) is 0 Å². The first-order chi connectivity index (χ1) is 8.38. The van der Waals surface area contributed by atoms with Gasteiger partial charge in [-0.3, -0.25) is 0 Å². The van der Waals surface area contributed by atoms with E-state index in [4.69, 9.17) is 9.47 Å². The molecule has 1 aromatic carbocycles. The number of nitrogens with zero attached hydrogens (tertiary/aromatic N) is 1. The number of hydrogen-bond donors (Lipinski definition) is 1. The lowest BCUT2D eigenvalue weighted by atomic mass is 10.1. The summed E-state index contributed by atoms with van der Waals surface area (Å²) in [4.78, 5) is 7.69. The van der Waals surface area contributed by atoms with Crippen LogP contribution in [0.15, 0.2) is 24.4 Å². The number of H-pyrrole nitrogens is 1.